The van der Waals surface area contributed by atoms with Gasteiger partial charge in [0.1, 0.15) is 6.29 Å². The van der Waals surface area contributed by atoms with Crippen LogP contribution in [0.25, 0.3) is 5.57 Å². The second kappa shape index (κ2) is 13.7. The highest BCUT2D eigenvalue weighted by Crippen LogP contribution is 2.46. The molecular weight excluding hydrogens is 577 g/mol. The van der Waals surface area contributed by atoms with Crippen molar-refractivity contribution < 1.29 is 9.22 Å². The van der Waals surface area contributed by atoms with E-state index in [4.69, 9.17) is 4.43 Å². The quantitative estimate of drug-likeness (QED) is 0.129. The maximum absolute atomic E-state index is 12.6. The van der Waals surface area contributed by atoms with Gasteiger partial charge in [0, 0.05) is 5.92 Å². The van der Waals surface area contributed by atoms with Gasteiger partial charge in [0.25, 0.3) is 9.04 Å². The molecule has 0 bridgehead atoms. The number of rotatable bonds is 10. The van der Waals surface area contributed by atoms with Crippen LogP contribution in [0.15, 0.2) is 109 Å². The lowest BCUT2D eigenvalue weighted by molar-refractivity contribution is -0.109. The van der Waals surface area contributed by atoms with Crippen LogP contribution in [0.1, 0.15) is 114 Å². The van der Waals surface area contributed by atoms with Crippen molar-refractivity contribution in [2.24, 2.45) is 5.41 Å². The fourth-order valence-corrected chi connectivity index (χ4v) is 9.14. The minimum atomic E-state index is -1.52. The molecule has 1 aliphatic rings. The van der Waals surface area contributed by atoms with Crippen molar-refractivity contribution in [2.45, 2.75) is 97.5 Å². The summed E-state index contributed by atoms with van der Waals surface area (Å²) in [5, 5.41) is 2.45. The number of fused-ring (bicyclic) bond motifs is 1. The van der Waals surface area contributed by atoms with Crippen LogP contribution in [0.2, 0.25) is 0 Å². The van der Waals surface area contributed by atoms with Gasteiger partial charge in [-0.3, -0.25) is 0 Å². The fourth-order valence-electron chi connectivity index (χ4n) is 6.82. The van der Waals surface area contributed by atoms with E-state index in [1.54, 1.807) is 0 Å². The first-order chi connectivity index (χ1) is 21.8. The molecule has 0 saturated heterocycles. The van der Waals surface area contributed by atoms with Crippen LogP contribution in [0, 0.1) is 5.41 Å². The Balaban J connectivity index is 1.42. The Hall–Kier alpha value is -3.53. The van der Waals surface area contributed by atoms with Gasteiger partial charge in [-0.25, -0.2) is 0 Å². The van der Waals surface area contributed by atoms with Crippen LogP contribution < -0.4 is 10.4 Å². The van der Waals surface area contributed by atoms with Crippen molar-refractivity contribution in [2.75, 3.05) is 0 Å². The lowest BCUT2D eigenvalue weighted by Crippen LogP contribution is -2.47. The van der Waals surface area contributed by atoms with Gasteiger partial charge in [0.05, 0.1) is 6.10 Å². The Bertz CT molecular complexity index is 1620. The van der Waals surface area contributed by atoms with E-state index in [1.165, 1.54) is 45.5 Å². The summed E-state index contributed by atoms with van der Waals surface area (Å²) in [7, 11) is -1.52. The van der Waals surface area contributed by atoms with E-state index >= 15 is 0 Å². The Morgan fingerprint density at radius 1 is 0.761 bits per heavy atom. The first-order valence-electron chi connectivity index (χ1n) is 16.8. The van der Waals surface area contributed by atoms with Gasteiger partial charge >= 0.3 is 0 Å². The maximum atomic E-state index is 12.6. The van der Waals surface area contributed by atoms with Gasteiger partial charge in [-0.05, 0) is 86.2 Å². The van der Waals surface area contributed by atoms with Crippen molar-refractivity contribution in [3.8, 4) is 0 Å². The zero-order chi connectivity index (χ0) is 33.1. The molecule has 2 atom stereocenters. The van der Waals surface area contributed by atoms with Crippen molar-refractivity contribution in [1.82, 2.24) is 0 Å². The third-order valence-electron chi connectivity index (χ3n) is 9.89. The average molecular weight is 628 g/mol. The Morgan fingerprint density at radius 2 is 1.33 bits per heavy atom. The number of benzene rings is 4. The summed E-state index contributed by atoms with van der Waals surface area (Å²) in [5.74, 6) is -0.225. The van der Waals surface area contributed by atoms with Crippen molar-refractivity contribution >= 4 is 31.3 Å². The molecule has 1 aliphatic carbocycles. The Morgan fingerprint density at radius 3 is 1.89 bits per heavy atom. The highest BCUT2D eigenvalue weighted by molar-refractivity contribution is 6.80. The zero-order valence-electron chi connectivity index (χ0n) is 29.1. The molecule has 46 heavy (non-hydrogen) atoms. The number of carbonyl (C=O) groups excluding carboxylic acids is 1. The molecule has 0 aromatic heterocycles. The predicted octanol–water partition coefficient (Wildman–Crippen LogP) is 9.72. The van der Waals surface area contributed by atoms with Crippen LogP contribution in [0.5, 0.6) is 0 Å². The van der Waals surface area contributed by atoms with E-state index in [0.717, 1.165) is 17.4 Å². The van der Waals surface area contributed by atoms with Crippen LogP contribution in [-0.4, -0.2) is 15.3 Å². The number of allylic oxidation sites excluding steroid dienone is 2. The average Bonchev–Trinajstić information content (AvgIpc) is 3.04. The summed E-state index contributed by atoms with van der Waals surface area (Å²) in [4.78, 5) is 12.6. The molecule has 0 saturated carbocycles. The summed E-state index contributed by atoms with van der Waals surface area (Å²) >= 11 is 0. The third kappa shape index (κ3) is 7.53. The van der Waals surface area contributed by atoms with E-state index in [9.17, 15) is 4.79 Å². The predicted molar refractivity (Wildman–Crippen MR) is 196 cm³/mol. The van der Waals surface area contributed by atoms with Crippen LogP contribution in [0.3, 0.4) is 0 Å². The largest absolute Gasteiger partial charge is 0.400 e. The monoisotopic (exact) mass is 627 g/mol. The van der Waals surface area contributed by atoms with Gasteiger partial charge in [0.15, 0.2) is 0 Å². The summed E-state index contributed by atoms with van der Waals surface area (Å²) in [6.45, 7) is 18.4. The van der Waals surface area contributed by atoms with Crippen molar-refractivity contribution in [3.63, 3.8) is 0 Å². The normalized spacial score (nSPS) is 17.3. The molecule has 0 spiro atoms. The highest BCUT2D eigenvalue weighted by atomic mass is 28.3. The molecule has 4 aromatic carbocycles. The van der Waals surface area contributed by atoms with Crippen molar-refractivity contribution in [1.29, 1.82) is 0 Å². The molecule has 0 N–H and O–H groups in total. The van der Waals surface area contributed by atoms with Gasteiger partial charge in [-0.15, -0.1) is 0 Å². The van der Waals surface area contributed by atoms with Crippen LogP contribution >= 0.6 is 0 Å². The molecule has 3 heteroatoms. The molecule has 4 aromatic rings. The minimum Gasteiger partial charge on any atom is -0.400 e. The van der Waals surface area contributed by atoms with E-state index in [-0.39, 0.29) is 28.3 Å². The molecule has 2 nitrogen and oxygen atoms in total. The highest BCUT2D eigenvalue weighted by Gasteiger charge is 2.37. The second-order valence-electron chi connectivity index (χ2n) is 15.5. The van der Waals surface area contributed by atoms with Crippen LogP contribution in [0.4, 0.5) is 0 Å². The summed E-state index contributed by atoms with van der Waals surface area (Å²) < 4.78 is 7.18. The first kappa shape index (κ1) is 33.8. The number of carbonyl (C=O) groups is 1. The maximum Gasteiger partial charge on any atom is 0.283 e. The molecule has 0 aliphatic heterocycles. The molecule has 1 radical (unpaired) electrons. The van der Waals surface area contributed by atoms with Gasteiger partial charge in [0.2, 0.25) is 0 Å². The topological polar surface area (TPSA) is 26.3 Å². The van der Waals surface area contributed by atoms with E-state index in [0.29, 0.717) is 6.42 Å². The molecule has 0 amide bonds. The smallest absolute Gasteiger partial charge is 0.283 e. The fraction of sp³-hybridized carbons (Fsp3) is 0.372. The van der Waals surface area contributed by atoms with E-state index < -0.39 is 9.04 Å². The van der Waals surface area contributed by atoms with Crippen molar-refractivity contribution in [3.05, 3.63) is 137 Å². The summed E-state index contributed by atoms with van der Waals surface area (Å²) in [6.07, 6.45) is 6.28. The summed E-state index contributed by atoms with van der Waals surface area (Å²) in [6, 6.07) is 36.8. The summed E-state index contributed by atoms with van der Waals surface area (Å²) in [5.41, 5.74) is 7.78. The number of hydrogen-bond acceptors (Lipinski definition) is 2. The molecule has 5 rings (SSSR count). The van der Waals surface area contributed by atoms with E-state index in [1.807, 2.05) is 0 Å². The number of aldehydes is 1. The first-order valence-corrected chi connectivity index (χ1v) is 18.2. The zero-order valence-corrected chi connectivity index (χ0v) is 30.1. The lowest BCUT2D eigenvalue weighted by atomic mass is 9.63. The molecule has 2 unspecified atom stereocenters. The molecular formula is C43H51O2Si. The second-order valence-corrected chi connectivity index (χ2v) is 17.5. The van der Waals surface area contributed by atoms with Gasteiger partial charge in [-0.1, -0.05) is 158 Å². The Kier molecular flexibility index (Phi) is 10.1. The van der Waals surface area contributed by atoms with E-state index in [2.05, 4.69) is 165 Å². The van der Waals surface area contributed by atoms with Crippen LogP contribution in [-0.2, 0) is 20.1 Å². The number of hydrogen-bond donors (Lipinski definition) is 0. The van der Waals surface area contributed by atoms with Gasteiger partial charge < -0.3 is 9.22 Å². The molecule has 0 heterocycles. The Labute approximate surface area is 279 Å². The lowest BCUT2D eigenvalue weighted by Gasteiger charge is -2.42. The minimum absolute atomic E-state index is 0.144. The third-order valence-corrected chi connectivity index (χ3v) is 12.1. The molecule has 239 valence electrons. The standard InChI is InChI=1S/C43H51O2Si/c1-31(32-24-25-38-39(29-32)43(7,8)27-26-42(38,5)6)22-23-35(30-44)33-16-15-17-34(28-33)40(41(2,3)4)45-46(36-18-11-9-12-19-36)37-20-13-10-14-21-37/h9-22,24-25,28-30,35,40H,23,26-27H2,1-8H3/b31-22+. The van der Waals surface area contributed by atoms with Gasteiger partial charge in [-0.2, -0.15) is 0 Å². The molecule has 0 fully saturated rings. The SMILES string of the molecule is C/C(=C\CC(C=O)c1cccc(C(O[Si](c2ccccc2)c2ccccc2)C(C)(C)C)c1)c1ccc2c(c1)C(C)(C)CCC2(C)C.